The van der Waals surface area contributed by atoms with Gasteiger partial charge in [-0.1, -0.05) is 417 Å². The molecule has 0 radical (unpaired) electrons. The van der Waals surface area contributed by atoms with Gasteiger partial charge >= 0.3 is 0 Å². The van der Waals surface area contributed by atoms with E-state index < -0.39 is 10.8 Å². The smallest absolute Gasteiger partial charge is 0.256 e. The largest absolute Gasteiger partial charge is 0.458 e. The third-order valence-corrected chi connectivity index (χ3v) is 32.1. The molecule has 0 bridgehead atoms. The van der Waals surface area contributed by atoms with Crippen LogP contribution in [0.25, 0.3) is 121 Å². The summed E-state index contributed by atoms with van der Waals surface area (Å²) in [5, 5.41) is 10.6. The van der Waals surface area contributed by atoms with Crippen LogP contribution in [0.15, 0.2) is 473 Å². The molecule has 12 heterocycles. The van der Waals surface area contributed by atoms with E-state index in [-0.39, 0.29) is 26.9 Å². The minimum Gasteiger partial charge on any atom is -0.458 e. The van der Waals surface area contributed by atoms with Gasteiger partial charge in [0.2, 0.25) is 13.4 Å². The second-order valence-corrected chi connectivity index (χ2v) is 38.9. The molecule has 0 aliphatic carbocycles. The maximum atomic E-state index is 6.40. The maximum absolute atomic E-state index is 6.40. The number of hydrogen-bond donors (Lipinski definition) is 0. The van der Waals surface area contributed by atoms with Gasteiger partial charge in [0.05, 0.1) is 32.9 Å². The molecule has 6 nitrogen and oxygen atoms in total. The van der Waals surface area contributed by atoms with Crippen molar-refractivity contribution in [1.29, 1.82) is 0 Å². The van der Waals surface area contributed by atoms with E-state index in [0.29, 0.717) is 0 Å². The summed E-state index contributed by atoms with van der Waals surface area (Å²) in [7, 11) is 0. The van der Waals surface area contributed by atoms with Gasteiger partial charge in [-0.3, -0.25) is 0 Å². The summed E-state index contributed by atoms with van der Waals surface area (Å²) in [4.78, 5) is 0. The summed E-state index contributed by atoms with van der Waals surface area (Å²) in [5.41, 5.74) is 46.7. The van der Waals surface area contributed by atoms with Crippen LogP contribution in [0, 0.1) is 13.8 Å². The first-order chi connectivity index (χ1) is 69.4. The minimum atomic E-state index is -0.430. The zero-order valence-corrected chi connectivity index (χ0v) is 76.9. The molecule has 0 fully saturated rings. The average Bonchev–Trinajstić information content (AvgIpc) is 1.17. The Kier molecular flexibility index (Phi) is 17.0. The minimum absolute atomic E-state index is 0.168. The van der Waals surface area contributed by atoms with E-state index in [1.54, 1.807) is 0 Å². The second kappa shape index (κ2) is 30.1. The lowest BCUT2D eigenvalue weighted by molar-refractivity contribution is 0.487. The number of aryl methyl sites for hydroxylation is 2. The van der Waals surface area contributed by atoms with Gasteiger partial charge < -0.3 is 27.7 Å². The fourth-order valence-corrected chi connectivity index (χ4v) is 27.0. The Morgan fingerprint density at radius 3 is 1.04 bits per heavy atom. The summed E-state index contributed by atoms with van der Waals surface area (Å²) in [6.07, 6.45) is 0. The molecule has 0 unspecified atom stereocenters. The first-order valence-electron chi connectivity index (χ1n) is 49.1. The number of aromatic nitrogens is 4. The lowest BCUT2D eigenvalue weighted by atomic mass is 9.29. The lowest BCUT2D eigenvalue weighted by Gasteiger charge is -2.46. The molecule has 648 valence electrons. The molecule has 33 rings (SSSR count). The highest BCUT2D eigenvalue weighted by Gasteiger charge is 2.54. The monoisotopic (exact) mass is 1780 g/mol. The van der Waals surface area contributed by atoms with Crippen LogP contribution in [0.5, 0.6) is 23.0 Å². The molecule has 8 aliphatic heterocycles. The quantitative estimate of drug-likeness (QED) is 0.161. The van der Waals surface area contributed by atoms with Crippen LogP contribution in [0.1, 0.15) is 55.6 Å². The Hall–Kier alpha value is -17.3. The van der Waals surface area contributed by atoms with E-state index in [0.717, 1.165) is 23.0 Å². The number of benzene rings is 21. The molecule has 140 heavy (non-hydrogen) atoms. The molecule has 8 aliphatic rings. The first kappa shape index (κ1) is 79.0. The van der Waals surface area contributed by atoms with Crippen molar-refractivity contribution in [1.82, 2.24) is 18.3 Å². The highest BCUT2D eigenvalue weighted by Crippen LogP contribution is 2.53. The van der Waals surface area contributed by atoms with Gasteiger partial charge in [0.25, 0.3) is 13.4 Å². The predicted octanol–water partition coefficient (Wildman–Crippen LogP) is 22.3. The van der Waals surface area contributed by atoms with Gasteiger partial charge in [-0.25, -0.2) is 0 Å². The normalized spacial score (nSPS) is 13.8. The standard InChI is InChI=1S/2C38H26BN.C30H18BNO.C24H14BNO/c1-25-23-31-36-35(24-25)40-34-22-11-8-17-28(34)29-18-12-21-33(37(29)40)39(36)32-20-10-9-19-30(32)38(31,26-13-4-2-5-14-26)27-15-6-3-7-16-27;1-25-23-24-31-35-36(25)40-34-22-11-8-17-28(34)29-18-12-21-33(37(29)40)39(35)32-20-10-9-19-30(32)38(31,26-13-4-2-5-14-26)27-15-6-3-7-16-27;1-2-9-19(10-3-1)20-11-7-15-24-28(20)21-12-6-14-23-30(21)32(24)25-16-8-18-27-29(25)31(23)22-13-4-5-17-26(22)33-27;1-3-11-19-15(7-1)16-8-5-10-18-24(16)26(19)20-12-6-14-22-23(20)25(18)17-9-2-4-13-21(17)27-22/h2*2-24H,1H3;1-18H;1-14H. The third kappa shape index (κ3) is 10.7. The van der Waals surface area contributed by atoms with Gasteiger partial charge in [0.15, 0.2) is 0 Å². The van der Waals surface area contributed by atoms with Crippen LogP contribution >= 0.6 is 0 Å². The van der Waals surface area contributed by atoms with Crippen LogP contribution in [-0.4, -0.2) is 45.1 Å². The maximum Gasteiger partial charge on any atom is 0.256 e. The summed E-state index contributed by atoms with van der Waals surface area (Å²) >= 11 is 0. The van der Waals surface area contributed by atoms with Gasteiger partial charge in [0, 0.05) is 87.9 Å². The van der Waals surface area contributed by atoms with Gasteiger partial charge in [-0.15, -0.1) is 0 Å². The Labute approximate surface area is 811 Å². The number of para-hydroxylation sites is 9. The van der Waals surface area contributed by atoms with Crippen LogP contribution in [0.3, 0.4) is 0 Å². The van der Waals surface area contributed by atoms with Crippen molar-refractivity contribution in [3.8, 4) is 56.9 Å². The third-order valence-electron chi connectivity index (χ3n) is 32.1. The Bertz CT molecular complexity index is 9520. The zero-order chi connectivity index (χ0) is 91.9. The van der Waals surface area contributed by atoms with Crippen molar-refractivity contribution < 1.29 is 9.47 Å². The second-order valence-electron chi connectivity index (χ2n) is 38.9. The van der Waals surface area contributed by atoms with Crippen LogP contribution in [0.4, 0.5) is 0 Å². The molecule has 0 spiro atoms. The number of nitrogens with zero attached hydrogens (tertiary/aromatic N) is 4. The molecule has 10 heteroatoms. The van der Waals surface area contributed by atoms with E-state index in [2.05, 4.69) is 499 Å². The van der Waals surface area contributed by atoms with Gasteiger partial charge in [0.1, 0.15) is 23.0 Å². The number of rotatable bonds is 5. The summed E-state index contributed by atoms with van der Waals surface area (Å²) in [6, 6.07) is 174. The molecule has 0 N–H and O–H groups in total. The topological polar surface area (TPSA) is 38.2 Å². The van der Waals surface area contributed by atoms with Crippen molar-refractivity contribution in [2.75, 3.05) is 0 Å². The SMILES string of the molecule is Cc1cc2c3c(c1)C(c1ccccc1)(c1ccccc1)c1ccccc1B3c1cccc3c4ccccc4n-2c13.Cc1ccc2c3c1-n1c4ccccc4c4cccc(c41)B3c1ccccc1C2(c1ccccc1)c1ccccc1.c1ccc(-c2cccc3c2c2cccc4c2n3-c2cccc3c2B4c2ccccc2O3)cc1.c1ccc2c(c1)Oc1cccc3c1B2c1cccc2c4ccccc4n-3c12. The zero-order valence-electron chi connectivity index (χ0n) is 76.9. The van der Waals surface area contributed by atoms with E-state index in [9.17, 15) is 0 Å². The number of hydrogen-bond acceptors (Lipinski definition) is 2. The summed E-state index contributed by atoms with van der Waals surface area (Å²) in [5.74, 6) is 3.85. The predicted molar refractivity (Wildman–Crippen MR) is 586 cm³/mol. The van der Waals surface area contributed by atoms with Crippen molar-refractivity contribution in [2.24, 2.45) is 0 Å². The number of fused-ring (bicyclic) bond motifs is 28. The Morgan fingerprint density at radius 1 is 0.214 bits per heavy atom. The molecule has 0 amide bonds. The summed E-state index contributed by atoms with van der Waals surface area (Å²) < 4.78 is 22.7. The van der Waals surface area contributed by atoms with Gasteiger partial charge in [-0.05, 0) is 202 Å². The van der Waals surface area contributed by atoms with Crippen molar-refractivity contribution in [3.63, 3.8) is 0 Å². The van der Waals surface area contributed by atoms with Crippen molar-refractivity contribution in [3.05, 3.63) is 529 Å². The lowest BCUT2D eigenvalue weighted by Crippen LogP contribution is -2.64. The molecule has 4 aromatic heterocycles. The first-order valence-corrected chi connectivity index (χ1v) is 49.1. The van der Waals surface area contributed by atoms with E-state index in [4.69, 9.17) is 9.47 Å². The van der Waals surface area contributed by atoms with Gasteiger partial charge in [-0.2, -0.15) is 0 Å². The van der Waals surface area contributed by atoms with Crippen LogP contribution < -0.4 is 75.0 Å². The van der Waals surface area contributed by atoms with Crippen LogP contribution in [0.2, 0.25) is 0 Å². The Balaban J connectivity index is 0.0000000886. The molecular formula is C130H84B4N4O2. The molecule has 0 saturated carbocycles. The van der Waals surface area contributed by atoms with E-state index in [1.807, 2.05) is 6.07 Å². The Morgan fingerprint density at radius 2 is 0.550 bits per heavy atom. The van der Waals surface area contributed by atoms with E-state index >= 15 is 0 Å². The van der Waals surface area contributed by atoms with Crippen molar-refractivity contribution >= 4 is 180 Å². The van der Waals surface area contributed by atoms with Crippen molar-refractivity contribution in [2.45, 2.75) is 24.7 Å². The molecule has 0 saturated heterocycles. The highest BCUT2D eigenvalue weighted by molar-refractivity contribution is 7.01. The fraction of sp³-hybridized carbons (Fsp3) is 0.0308. The number of ether oxygens (including phenoxy) is 2. The fourth-order valence-electron chi connectivity index (χ4n) is 27.0. The molecule has 21 aromatic carbocycles. The van der Waals surface area contributed by atoms with E-state index in [1.165, 1.54) is 242 Å². The average molecular weight is 1780 g/mol. The molecule has 0 atom stereocenters. The van der Waals surface area contributed by atoms with Crippen LogP contribution in [-0.2, 0) is 10.8 Å². The molecular weight excluding hydrogens is 1690 g/mol. The summed E-state index contributed by atoms with van der Waals surface area (Å²) in [6.45, 7) is 5.26. The highest BCUT2D eigenvalue weighted by atomic mass is 16.5. The molecule has 25 aromatic rings.